The van der Waals surface area contributed by atoms with Gasteiger partial charge in [-0.1, -0.05) is 30.4 Å². The molecule has 0 amide bonds. The van der Waals surface area contributed by atoms with Crippen LogP contribution in [0.1, 0.15) is 18.9 Å². The minimum atomic E-state index is -1.00. The Morgan fingerprint density at radius 3 is 2.68 bits per heavy atom. The van der Waals surface area contributed by atoms with Crippen molar-refractivity contribution in [1.82, 2.24) is 4.98 Å². The van der Waals surface area contributed by atoms with E-state index in [0.29, 0.717) is 5.75 Å². The highest BCUT2D eigenvalue weighted by atomic mass is 32.1. The van der Waals surface area contributed by atoms with E-state index in [-0.39, 0.29) is 6.61 Å². The summed E-state index contributed by atoms with van der Waals surface area (Å²) in [5, 5.41) is 13.8. The van der Waals surface area contributed by atoms with Crippen LogP contribution >= 0.6 is 11.3 Å². The largest absolute Gasteiger partial charge is 0.482 e. The lowest BCUT2D eigenvalue weighted by Gasteiger charge is -2.07. The SMILES string of the molecule is CC/C(=N/Nc1nc2ccccc2s1)c1ccc(OCC(=O)O)cc1. The molecule has 1 aromatic heterocycles. The monoisotopic (exact) mass is 355 g/mol. The number of rotatable bonds is 7. The summed E-state index contributed by atoms with van der Waals surface area (Å²) in [6.45, 7) is 1.67. The first-order valence-electron chi connectivity index (χ1n) is 7.79. The summed E-state index contributed by atoms with van der Waals surface area (Å²) in [6, 6.07) is 15.1. The van der Waals surface area contributed by atoms with Crippen molar-refractivity contribution in [2.24, 2.45) is 5.10 Å². The first-order chi connectivity index (χ1) is 12.2. The Bertz CT molecular complexity index is 870. The van der Waals surface area contributed by atoms with E-state index in [2.05, 4.69) is 15.5 Å². The van der Waals surface area contributed by atoms with Crippen LogP contribution in [0.4, 0.5) is 5.13 Å². The molecule has 0 spiro atoms. The summed E-state index contributed by atoms with van der Waals surface area (Å²) in [5.74, 6) is -0.486. The van der Waals surface area contributed by atoms with Gasteiger partial charge in [0.1, 0.15) is 5.75 Å². The van der Waals surface area contributed by atoms with E-state index in [9.17, 15) is 4.79 Å². The molecular formula is C18H17N3O3S. The lowest BCUT2D eigenvalue weighted by molar-refractivity contribution is -0.139. The third-order valence-electron chi connectivity index (χ3n) is 3.47. The molecule has 2 aromatic carbocycles. The number of para-hydroxylation sites is 1. The Labute approximate surface area is 148 Å². The molecule has 3 aromatic rings. The molecule has 6 nitrogen and oxygen atoms in total. The molecule has 0 atom stereocenters. The second kappa shape index (κ2) is 7.76. The van der Waals surface area contributed by atoms with Crippen molar-refractivity contribution in [3.05, 3.63) is 54.1 Å². The number of hydrazone groups is 1. The van der Waals surface area contributed by atoms with E-state index in [1.54, 1.807) is 23.5 Å². The fraction of sp³-hybridized carbons (Fsp3) is 0.167. The van der Waals surface area contributed by atoms with Gasteiger partial charge in [0, 0.05) is 0 Å². The first kappa shape index (κ1) is 16.9. The van der Waals surface area contributed by atoms with E-state index in [0.717, 1.165) is 33.0 Å². The third-order valence-corrected chi connectivity index (χ3v) is 4.41. The van der Waals surface area contributed by atoms with Crippen LogP contribution < -0.4 is 10.2 Å². The molecule has 0 radical (unpaired) electrons. The van der Waals surface area contributed by atoms with Gasteiger partial charge in [0.2, 0.25) is 5.13 Å². The summed E-state index contributed by atoms with van der Waals surface area (Å²) < 4.78 is 6.24. The van der Waals surface area contributed by atoms with E-state index in [4.69, 9.17) is 9.84 Å². The van der Waals surface area contributed by atoms with E-state index in [1.165, 1.54) is 0 Å². The molecule has 2 N–H and O–H groups in total. The van der Waals surface area contributed by atoms with E-state index in [1.807, 2.05) is 43.3 Å². The summed E-state index contributed by atoms with van der Waals surface area (Å²) in [4.78, 5) is 15.0. The van der Waals surface area contributed by atoms with Gasteiger partial charge in [-0.15, -0.1) is 0 Å². The van der Waals surface area contributed by atoms with E-state index >= 15 is 0 Å². The molecule has 0 aliphatic carbocycles. The molecule has 0 fully saturated rings. The number of hydrogen-bond acceptors (Lipinski definition) is 6. The lowest BCUT2D eigenvalue weighted by atomic mass is 10.1. The van der Waals surface area contributed by atoms with Crippen LogP contribution in [-0.2, 0) is 4.79 Å². The number of fused-ring (bicyclic) bond motifs is 1. The van der Waals surface area contributed by atoms with Gasteiger partial charge < -0.3 is 9.84 Å². The fourth-order valence-corrected chi connectivity index (χ4v) is 3.08. The normalized spacial score (nSPS) is 11.5. The van der Waals surface area contributed by atoms with Crippen LogP contribution in [0.3, 0.4) is 0 Å². The van der Waals surface area contributed by atoms with Crippen LogP contribution in [-0.4, -0.2) is 28.4 Å². The van der Waals surface area contributed by atoms with Crippen molar-refractivity contribution in [3.63, 3.8) is 0 Å². The van der Waals surface area contributed by atoms with Gasteiger partial charge in [-0.25, -0.2) is 9.78 Å². The summed E-state index contributed by atoms with van der Waals surface area (Å²) in [5.41, 5.74) is 5.79. The van der Waals surface area contributed by atoms with Crippen LogP contribution in [0.15, 0.2) is 53.6 Å². The van der Waals surface area contributed by atoms with Crippen LogP contribution in [0.2, 0.25) is 0 Å². The molecular weight excluding hydrogens is 338 g/mol. The maximum Gasteiger partial charge on any atom is 0.341 e. The predicted molar refractivity (Wildman–Crippen MR) is 99.6 cm³/mol. The summed E-state index contributed by atoms with van der Waals surface area (Å²) in [7, 11) is 0. The Morgan fingerprint density at radius 1 is 1.24 bits per heavy atom. The van der Waals surface area contributed by atoms with Crippen molar-refractivity contribution in [1.29, 1.82) is 0 Å². The molecule has 3 rings (SSSR count). The standard InChI is InChI=1S/C18H17N3O3S/c1-2-14(12-7-9-13(10-8-12)24-11-17(22)23)20-21-18-19-15-5-3-4-6-16(15)25-18/h3-10H,2,11H2,1H3,(H,19,21)(H,22,23)/b20-14-. The average Bonchev–Trinajstić information content (AvgIpc) is 3.04. The number of aliphatic carboxylic acids is 1. The molecule has 25 heavy (non-hydrogen) atoms. The number of carboxylic acids is 1. The molecule has 128 valence electrons. The van der Waals surface area contributed by atoms with Crippen molar-refractivity contribution >= 4 is 38.4 Å². The van der Waals surface area contributed by atoms with Gasteiger partial charge in [-0.2, -0.15) is 5.10 Å². The van der Waals surface area contributed by atoms with Crippen molar-refractivity contribution in [3.8, 4) is 5.75 Å². The quantitative estimate of drug-likeness (QED) is 0.495. The second-order valence-corrected chi connectivity index (χ2v) is 6.25. The Balaban J connectivity index is 1.72. The minimum absolute atomic E-state index is 0.354. The lowest BCUT2D eigenvalue weighted by Crippen LogP contribution is -2.09. The Morgan fingerprint density at radius 2 is 2.00 bits per heavy atom. The van der Waals surface area contributed by atoms with E-state index < -0.39 is 5.97 Å². The highest BCUT2D eigenvalue weighted by Gasteiger charge is 2.05. The fourth-order valence-electron chi connectivity index (χ4n) is 2.27. The van der Waals surface area contributed by atoms with Gasteiger partial charge in [0.05, 0.1) is 15.9 Å². The van der Waals surface area contributed by atoms with Crippen LogP contribution in [0.5, 0.6) is 5.75 Å². The molecule has 0 saturated carbocycles. The van der Waals surface area contributed by atoms with Crippen molar-refractivity contribution < 1.29 is 14.6 Å². The highest BCUT2D eigenvalue weighted by molar-refractivity contribution is 7.22. The summed E-state index contributed by atoms with van der Waals surface area (Å²) >= 11 is 1.55. The zero-order valence-corrected chi connectivity index (χ0v) is 14.4. The molecule has 1 heterocycles. The highest BCUT2D eigenvalue weighted by Crippen LogP contribution is 2.25. The maximum absolute atomic E-state index is 10.5. The number of carbonyl (C=O) groups is 1. The maximum atomic E-state index is 10.5. The Kier molecular flexibility index (Phi) is 5.25. The zero-order chi connectivity index (χ0) is 17.6. The van der Waals surface area contributed by atoms with Gasteiger partial charge in [-0.05, 0) is 48.4 Å². The van der Waals surface area contributed by atoms with Gasteiger partial charge in [0.25, 0.3) is 0 Å². The van der Waals surface area contributed by atoms with Crippen molar-refractivity contribution in [2.45, 2.75) is 13.3 Å². The van der Waals surface area contributed by atoms with Crippen molar-refractivity contribution in [2.75, 3.05) is 12.0 Å². The smallest absolute Gasteiger partial charge is 0.341 e. The second-order valence-electron chi connectivity index (χ2n) is 5.22. The summed E-state index contributed by atoms with van der Waals surface area (Å²) in [6.07, 6.45) is 0.743. The number of nitrogens with one attached hydrogen (secondary N) is 1. The van der Waals surface area contributed by atoms with Crippen LogP contribution in [0, 0.1) is 0 Å². The minimum Gasteiger partial charge on any atom is -0.482 e. The number of carboxylic acid groups (broad SMARTS) is 1. The predicted octanol–water partition coefficient (Wildman–Crippen LogP) is 3.99. The molecule has 0 aliphatic heterocycles. The third kappa shape index (κ3) is 4.33. The molecule has 0 aliphatic rings. The number of hydrogen-bond donors (Lipinski definition) is 2. The number of nitrogens with zero attached hydrogens (tertiary/aromatic N) is 2. The molecule has 0 bridgehead atoms. The molecule has 0 unspecified atom stereocenters. The van der Waals surface area contributed by atoms with Gasteiger partial charge in [0.15, 0.2) is 6.61 Å². The number of aromatic nitrogens is 1. The van der Waals surface area contributed by atoms with Crippen LogP contribution in [0.25, 0.3) is 10.2 Å². The first-order valence-corrected chi connectivity index (χ1v) is 8.60. The van der Waals surface area contributed by atoms with Gasteiger partial charge >= 0.3 is 5.97 Å². The zero-order valence-electron chi connectivity index (χ0n) is 13.6. The topological polar surface area (TPSA) is 83.8 Å². The number of benzene rings is 2. The molecule has 0 saturated heterocycles. The molecule has 7 heteroatoms. The number of anilines is 1. The average molecular weight is 355 g/mol. The number of ether oxygens (including phenoxy) is 1. The van der Waals surface area contributed by atoms with Gasteiger partial charge in [-0.3, -0.25) is 5.43 Å². The number of thiazole rings is 1. The Hall–Kier alpha value is -2.93.